The Morgan fingerprint density at radius 3 is 2.23 bits per heavy atom. The molecule has 1 heterocycles. The molecule has 3 saturated carbocycles. The minimum Gasteiger partial charge on any atom is -0.315 e. The van der Waals surface area contributed by atoms with E-state index in [-0.39, 0.29) is 7.43 Å². The van der Waals surface area contributed by atoms with Gasteiger partial charge in [-0.05, 0) is 139 Å². The number of hydrogen-bond donors (Lipinski definition) is 2. The second-order valence-corrected chi connectivity index (χ2v) is 16.1. The van der Waals surface area contributed by atoms with E-state index in [1.807, 2.05) is 13.1 Å². The van der Waals surface area contributed by atoms with Crippen molar-refractivity contribution in [2.45, 2.75) is 152 Å². The summed E-state index contributed by atoms with van der Waals surface area (Å²) in [4.78, 5) is 5.22. The van der Waals surface area contributed by atoms with Crippen molar-refractivity contribution in [2.24, 2.45) is 44.9 Å². The van der Waals surface area contributed by atoms with Gasteiger partial charge in [0.2, 0.25) is 0 Å². The van der Waals surface area contributed by atoms with Crippen LogP contribution < -0.4 is 10.6 Å². The fraction of sp³-hybridized carbons (Fsp3) is 0.825. The maximum Gasteiger partial charge on any atom is 0.0389 e. The predicted octanol–water partition coefficient (Wildman–Crippen LogP) is 10.8. The van der Waals surface area contributed by atoms with Crippen LogP contribution >= 0.6 is 0 Å². The maximum atomic E-state index is 5.22. The van der Waals surface area contributed by atoms with Gasteiger partial charge in [0.05, 0.1) is 0 Å². The van der Waals surface area contributed by atoms with Gasteiger partial charge in [-0.2, -0.15) is 0 Å². The summed E-state index contributed by atoms with van der Waals surface area (Å²) >= 11 is 0. The first kappa shape index (κ1) is 39.8. The minimum absolute atomic E-state index is 0. The van der Waals surface area contributed by atoms with Gasteiger partial charge in [0.1, 0.15) is 0 Å². The highest BCUT2D eigenvalue weighted by molar-refractivity contribution is 5.85. The van der Waals surface area contributed by atoms with E-state index in [4.69, 9.17) is 4.99 Å². The van der Waals surface area contributed by atoms with Gasteiger partial charge in [0, 0.05) is 29.8 Å². The molecule has 7 atom stereocenters. The summed E-state index contributed by atoms with van der Waals surface area (Å²) in [5.41, 5.74) is 4.77. The Balaban J connectivity index is 0.000000918. The lowest BCUT2D eigenvalue weighted by atomic mass is 9.47. The third kappa shape index (κ3) is 9.41. The Bertz CT molecular complexity index is 907. The van der Waals surface area contributed by atoms with E-state index in [1.54, 1.807) is 5.57 Å². The van der Waals surface area contributed by atoms with Crippen LogP contribution in [0.3, 0.4) is 0 Å². The fourth-order valence-corrected chi connectivity index (χ4v) is 9.47. The lowest BCUT2D eigenvalue weighted by molar-refractivity contribution is -0.0408. The van der Waals surface area contributed by atoms with Crippen molar-refractivity contribution in [3.63, 3.8) is 0 Å². The SMILES string of the molecule is C.C=C.C=C/C=C1/CCC2C(CCC3(C)C(C(C)=NCCCC4NCCC4(C)C)CCC23)C1(C)CCC.CNC(C)(C)C. The normalized spacial score (nSPS) is 35.8. The summed E-state index contributed by atoms with van der Waals surface area (Å²) in [6.07, 6.45) is 19.2. The lowest BCUT2D eigenvalue weighted by Gasteiger charge is -2.57. The Morgan fingerprint density at radius 1 is 1.05 bits per heavy atom. The predicted molar refractivity (Wildman–Crippen MR) is 195 cm³/mol. The van der Waals surface area contributed by atoms with Crippen LogP contribution in [0, 0.1) is 39.9 Å². The topological polar surface area (TPSA) is 36.4 Å². The molecular weight excluding hydrogens is 522 g/mol. The molecule has 3 aliphatic carbocycles. The molecule has 2 N–H and O–H groups in total. The molecule has 0 amide bonds. The molecule has 0 radical (unpaired) electrons. The number of rotatable bonds is 8. The number of allylic oxidation sites excluding steroid dienone is 3. The highest BCUT2D eigenvalue weighted by Gasteiger charge is 2.58. The highest BCUT2D eigenvalue weighted by Crippen LogP contribution is 2.66. The molecule has 0 spiro atoms. The smallest absolute Gasteiger partial charge is 0.0389 e. The van der Waals surface area contributed by atoms with Crippen molar-refractivity contribution >= 4 is 5.71 Å². The quantitative estimate of drug-likeness (QED) is 0.166. The molecule has 0 aromatic heterocycles. The lowest BCUT2D eigenvalue weighted by Crippen LogP contribution is -2.50. The largest absolute Gasteiger partial charge is 0.315 e. The molecule has 7 unspecified atom stereocenters. The van der Waals surface area contributed by atoms with Crippen LogP contribution in [0.1, 0.15) is 140 Å². The standard InChI is InChI=1S/C32H54N2.C5H13N.C2H4.CH4/c1-8-11-24-13-14-25-27-16-15-26(32(27,7)19-17-28(25)31(24,6)18-9-2)23(3)33-21-10-12-29-30(4,5)20-22-34-29;1-5(2,3)6-4;1-2;/h8,11,25-29,34H,1,9-10,12-22H2,2-7H3;6H,1-4H3;1-2H2;1H4/b24-11-,33-23?;;;. The number of nitrogens with one attached hydrogen (secondary N) is 2. The number of aliphatic imine (C=N–C) groups is 1. The molecule has 0 bridgehead atoms. The number of hydrogen-bond acceptors (Lipinski definition) is 3. The summed E-state index contributed by atoms with van der Waals surface area (Å²) in [7, 11) is 1.96. The third-order valence-corrected chi connectivity index (χ3v) is 12.2. The van der Waals surface area contributed by atoms with E-state index >= 15 is 0 Å². The molecule has 0 aromatic rings. The zero-order valence-electron chi connectivity index (χ0n) is 29.8. The first-order valence-corrected chi connectivity index (χ1v) is 17.5. The Labute approximate surface area is 270 Å². The average Bonchev–Trinajstić information content (AvgIpc) is 3.47. The minimum atomic E-state index is 0. The van der Waals surface area contributed by atoms with Crippen molar-refractivity contribution in [1.29, 1.82) is 0 Å². The number of fused-ring (bicyclic) bond motifs is 3. The molecule has 0 aromatic carbocycles. The molecule has 4 aliphatic rings. The molecule has 3 heteroatoms. The Kier molecular flexibility index (Phi) is 15.7. The number of nitrogens with zero attached hydrogens (tertiary/aromatic N) is 1. The van der Waals surface area contributed by atoms with Crippen molar-refractivity contribution in [1.82, 2.24) is 10.6 Å². The van der Waals surface area contributed by atoms with Crippen LogP contribution in [-0.4, -0.2) is 37.4 Å². The van der Waals surface area contributed by atoms with Crippen LogP contribution in [0.2, 0.25) is 0 Å². The fourth-order valence-electron chi connectivity index (χ4n) is 9.47. The van der Waals surface area contributed by atoms with E-state index in [9.17, 15) is 0 Å². The monoisotopic (exact) mass is 598 g/mol. The van der Waals surface area contributed by atoms with Gasteiger partial charge in [0.15, 0.2) is 0 Å². The van der Waals surface area contributed by atoms with Gasteiger partial charge in [-0.1, -0.05) is 72.8 Å². The van der Waals surface area contributed by atoms with Gasteiger partial charge in [-0.25, -0.2) is 0 Å². The molecule has 1 saturated heterocycles. The van der Waals surface area contributed by atoms with Gasteiger partial charge >= 0.3 is 0 Å². The molecule has 3 nitrogen and oxygen atoms in total. The summed E-state index contributed by atoms with van der Waals surface area (Å²) in [5.74, 6) is 3.38. The Hall–Kier alpha value is -1.19. The summed E-state index contributed by atoms with van der Waals surface area (Å²) in [5, 5.41) is 6.83. The molecule has 1 aliphatic heterocycles. The van der Waals surface area contributed by atoms with E-state index in [2.05, 4.69) is 98.8 Å². The molecule has 250 valence electrons. The van der Waals surface area contributed by atoms with E-state index in [1.165, 1.54) is 82.9 Å². The van der Waals surface area contributed by atoms with E-state index in [0.717, 1.165) is 24.3 Å². The molecule has 4 fully saturated rings. The van der Waals surface area contributed by atoms with Crippen molar-refractivity contribution in [3.8, 4) is 0 Å². The second-order valence-electron chi connectivity index (χ2n) is 16.1. The van der Waals surface area contributed by atoms with Crippen LogP contribution in [0.25, 0.3) is 0 Å². The van der Waals surface area contributed by atoms with Crippen LogP contribution in [-0.2, 0) is 0 Å². The molecular formula is C40H75N3. The average molecular weight is 598 g/mol. The van der Waals surface area contributed by atoms with Crippen LogP contribution in [0.5, 0.6) is 0 Å². The van der Waals surface area contributed by atoms with Crippen molar-refractivity contribution < 1.29 is 0 Å². The zero-order valence-corrected chi connectivity index (χ0v) is 29.8. The van der Waals surface area contributed by atoms with Crippen LogP contribution in [0.4, 0.5) is 0 Å². The van der Waals surface area contributed by atoms with Crippen LogP contribution in [0.15, 0.2) is 42.5 Å². The first-order chi connectivity index (χ1) is 19.7. The highest BCUT2D eigenvalue weighted by atomic mass is 15.0. The summed E-state index contributed by atoms with van der Waals surface area (Å²) < 4.78 is 0. The second kappa shape index (κ2) is 16.9. The zero-order chi connectivity index (χ0) is 31.8. The maximum absolute atomic E-state index is 5.22. The van der Waals surface area contributed by atoms with Crippen molar-refractivity contribution in [3.05, 3.63) is 37.5 Å². The van der Waals surface area contributed by atoms with Gasteiger partial charge in [0.25, 0.3) is 0 Å². The van der Waals surface area contributed by atoms with Gasteiger partial charge < -0.3 is 10.6 Å². The van der Waals surface area contributed by atoms with E-state index < -0.39 is 0 Å². The summed E-state index contributed by atoms with van der Waals surface area (Å²) in [6, 6.07) is 0.676. The molecule has 4 rings (SSSR count). The third-order valence-electron chi connectivity index (χ3n) is 12.2. The first-order valence-electron chi connectivity index (χ1n) is 17.5. The van der Waals surface area contributed by atoms with Gasteiger partial charge in [-0.3, -0.25) is 4.99 Å². The summed E-state index contributed by atoms with van der Waals surface area (Å²) in [6.45, 7) is 33.5. The van der Waals surface area contributed by atoms with E-state index in [0.29, 0.717) is 33.7 Å². The van der Waals surface area contributed by atoms with Crippen molar-refractivity contribution in [2.75, 3.05) is 20.1 Å². The molecule has 43 heavy (non-hydrogen) atoms. The van der Waals surface area contributed by atoms with Gasteiger partial charge in [-0.15, -0.1) is 13.2 Å². The Morgan fingerprint density at radius 2 is 1.70 bits per heavy atom.